The van der Waals surface area contributed by atoms with E-state index in [1.165, 1.54) is 19.2 Å². The molecule has 0 saturated carbocycles. The van der Waals surface area contributed by atoms with Crippen LogP contribution in [0.25, 0.3) is 11.4 Å². The van der Waals surface area contributed by atoms with Gasteiger partial charge < -0.3 is 9.84 Å². The van der Waals surface area contributed by atoms with E-state index in [-0.39, 0.29) is 18.0 Å². The molecule has 0 spiro atoms. The summed E-state index contributed by atoms with van der Waals surface area (Å²) < 4.78 is 31.5. The van der Waals surface area contributed by atoms with Crippen molar-refractivity contribution < 1.29 is 17.7 Å². The second-order valence-electron chi connectivity index (χ2n) is 6.06. The molecule has 0 unspecified atom stereocenters. The van der Waals surface area contributed by atoms with E-state index in [1.54, 1.807) is 37.5 Å². The summed E-state index contributed by atoms with van der Waals surface area (Å²) in [4.78, 5) is 20.2. The number of carbonyl (C=O) groups excluding carboxylic acids is 1. The van der Waals surface area contributed by atoms with Crippen LogP contribution in [0, 0.1) is 6.92 Å². The minimum Gasteiger partial charge on any atom is -0.351 e. The Kier molecular flexibility index (Phi) is 5.81. The topological polar surface area (TPSA) is 118 Å². The highest BCUT2D eigenvalue weighted by Gasteiger charge is 2.23. The summed E-state index contributed by atoms with van der Waals surface area (Å²) in [6.07, 6.45) is 3.27. The number of hydrogen-bond acceptors (Lipinski definition) is 7. The van der Waals surface area contributed by atoms with Gasteiger partial charge in [-0.1, -0.05) is 23.4 Å². The van der Waals surface area contributed by atoms with Gasteiger partial charge in [-0.2, -0.15) is 9.29 Å². The summed E-state index contributed by atoms with van der Waals surface area (Å²) in [6, 6.07) is 9.75. The predicted octanol–water partition coefficient (Wildman–Crippen LogP) is 1.38. The number of benzene rings is 1. The van der Waals surface area contributed by atoms with Crippen LogP contribution in [0.15, 0.2) is 58.2 Å². The van der Waals surface area contributed by atoms with Crippen LogP contribution in [0.4, 0.5) is 0 Å². The van der Waals surface area contributed by atoms with Gasteiger partial charge in [0.1, 0.15) is 0 Å². The maximum absolute atomic E-state index is 12.8. The van der Waals surface area contributed by atoms with Gasteiger partial charge in [-0.15, -0.1) is 0 Å². The molecule has 0 radical (unpaired) electrons. The van der Waals surface area contributed by atoms with Crippen molar-refractivity contribution in [3.05, 3.63) is 60.2 Å². The molecular formula is C18H19N5O4S. The first-order chi connectivity index (χ1) is 13.4. The fourth-order valence-electron chi connectivity index (χ4n) is 2.44. The van der Waals surface area contributed by atoms with E-state index in [1.807, 2.05) is 6.07 Å². The Morgan fingerprint density at radius 1 is 1.25 bits per heavy atom. The molecule has 2 heterocycles. The number of rotatable bonds is 7. The fourth-order valence-corrected chi connectivity index (χ4v) is 3.61. The zero-order valence-electron chi connectivity index (χ0n) is 15.4. The number of sulfonamides is 1. The Morgan fingerprint density at radius 2 is 2.07 bits per heavy atom. The van der Waals surface area contributed by atoms with Crippen LogP contribution in [0.1, 0.15) is 11.5 Å². The molecule has 0 atom stereocenters. The molecule has 0 fully saturated rings. The lowest BCUT2D eigenvalue weighted by atomic mass is 10.2. The molecule has 0 saturated heterocycles. The number of carbonyl (C=O) groups is 1. The lowest BCUT2D eigenvalue weighted by Gasteiger charge is -2.17. The van der Waals surface area contributed by atoms with Gasteiger partial charge in [0.25, 0.3) is 0 Å². The summed E-state index contributed by atoms with van der Waals surface area (Å²) in [5.41, 5.74) is 1.33. The Labute approximate surface area is 162 Å². The Hall–Kier alpha value is -3.11. The summed E-state index contributed by atoms with van der Waals surface area (Å²) in [5.74, 6) is 0.261. The summed E-state index contributed by atoms with van der Waals surface area (Å²) in [7, 11) is -2.52. The largest absolute Gasteiger partial charge is 0.351 e. The minimum absolute atomic E-state index is 0.0370. The van der Waals surface area contributed by atoms with Crippen LogP contribution in [0.3, 0.4) is 0 Å². The molecule has 28 heavy (non-hydrogen) atoms. The molecule has 1 amide bonds. The van der Waals surface area contributed by atoms with E-state index in [0.717, 1.165) is 9.87 Å². The quantitative estimate of drug-likeness (QED) is 0.635. The third-order valence-corrected chi connectivity index (χ3v) is 5.71. The molecular weight excluding hydrogens is 382 g/mol. The summed E-state index contributed by atoms with van der Waals surface area (Å²) in [6.45, 7) is 1.61. The van der Waals surface area contributed by atoms with E-state index in [4.69, 9.17) is 4.52 Å². The van der Waals surface area contributed by atoms with Gasteiger partial charge in [-0.25, -0.2) is 8.42 Å². The molecule has 0 aliphatic rings. The standard InChI is InChI=1S/C18H19N5O4S/c1-13-21-18(22-27-13)15-6-3-7-16(9-15)28(25,26)23(2)12-17(24)20-11-14-5-4-8-19-10-14/h3-10H,11-12H2,1-2H3,(H,20,24). The molecule has 146 valence electrons. The third-order valence-electron chi connectivity index (χ3n) is 3.91. The van der Waals surface area contributed by atoms with Crippen molar-refractivity contribution >= 4 is 15.9 Å². The molecule has 1 aromatic carbocycles. The van der Waals surface area contributed by atoms with Crippen molar-refractivity contribution in [1.82, 2.24) is 24.7 Å². The van der Waals surface area contributed by atoms with E-state index in [2.05, 4.69) is 20.4 Å². The number of pyridine rings is 1. The molecule has 3 aromatic rings. The second-order valence-corrected chi connectivity index (χ2v) is 8.11. The zero-order chi connectivity index (χ0) is 20.1. The molecule has 3 rings (SSSR count). The number of nitrogens with one attached hydrogen (secondary N) is 1. The summed E-state index contributed by atoms with van der Waals surface area (Å²) >= 11 is 0. The lowest BCUT2D eigenvalue weighted by Crippen LogP contribution is -2.38. The van der Waals surface area contributed by atoms with Crippen LogP contribution >= 0.6 is 0 Å². The predicted molar refractivity (Wildman–Crippen MR) is 100 cm³/mol. The zero-order valence-corrected chi connectivity index (χ0v) is 16.2. The molecule has 10 heteroatoms. The van der Waals surface area contributed by atoms with Crippen LogP contribution < -0.4 is 5.32 Å². The molecule has 0 aliphatic carbocycles. The molecule has 1 N–H and O–H groups in total. The number of aryl methyl sites for hydroxylation is 1. The number of amides is 1. The van der Waals surface area contributed by atoms with Crippen molar-refractivity contribution in [3.8, 4) is 11.4 Å². The van der Waals surface area contributed by atoms with Gasteiger partial charge in [-0.05, 0) is 23.8 Å². The molecule has 0 bridgehead atoms. The first-order valence-corrected chi connectivity index (χ1v) is 9.83. The molecule has 9 nitrogen and oxygen atoms in total. The average molecular weight is 401 g/mol. The second kappa shape index (κ2) is 8.28. The number of nitrogens with zero attached hydrogens (tertiary/aromatic N) is 4. The number of hydrogen-bond donors (Lipinski definition) is 1. The monoisotopic (exact) mass is 401 g/mol. The van der Waals surface area contributed by atoms with E-state index in [0.29, 0.717) is 17.3 Å². The van der Waals surface area contributed by atoms with Crippen LogP contribution in [-0.4, -0.2) is 47.3 Å². The highest BCUT2D eigenvalue weighted by atomic mass is 32.2. The minimum atomic E-state index is -3.87. The van der Waals surface area contributed by atoms with Crippen molar-refractivity contribution in [1.29, 1.82) is 0 Å². The van der Waals surface area contributed by atoms with Crippen LogP contribution in [0.2, 0.25) is 0 Å². The first-order valence-electron chi connectivity index (χ1n) is 8.39. The molecule has 2 aromatic heterocycles. The third kappa shape index (κ3) is 4.59. The Morgan fingerprint density at radius 3 is 2.75 bits per heavy atom. The van der Waals surface area contributed by atoms with Crippen molar-refractivity contribution in [2.45, 2.75) is 18.4 Å². The van der Waals surface area contributed by atoms with Crippen molar-refractivity contribution in [3.63, 3.8) is 0 Å². The SMILES string of the molecule is Cc1nc(-c2cccc(S(=O)(=O)N(C)CC(=O)NCc3cccnc3)c2)no1. The van der Waals surface area contributed by atoms with Crippen molar-refractivity contribution in [2.75, 3.05) is 13.6 Å². The van der Waals surface area contributed by atoms with Gasteiger partial charge in [0, 0.05) is 38.5 Å². The average Bonchev–Trinajstić information content (AvgIpc) is 3.13. The highest BCUT2D eigenvalue weighted by molar-refractivity contribution is 7.89. The number of aromatic nitrogens is 3. The Balaban J connectivity index is 1.69. The maximum Gasteiger partial charge on any atom is 0.243 e. The van der Waals surface area contributed by atoms with E-state index in [9.17, 15) is 13.2 Å². The lowest BCUT2D eigenvalue weighted by molar-refractivity contribution is -0.121. The Bertz CT molecular complexity index is 1070. The van der Waals surface area contributed by atoms with Gasteiger partial charge in [0.15, 0.2) is 0 Å². The smallest absolute Gasteiger partial charge is 0.243 e. The van der Waals surface area contributed by atoms with E-state index < -0.39 is 15.9 Å². The normalized spacial score (nSPS) is 11.5. The fraction of sp³-hybridized carbons (Fsp3) is 0.222. The first kappa shape index (κ1) is 19.6. The van der Waals surface area contributed by atoms with E-state index >= 15 is 0 Å². The van der Waals surface area contributed by atoms with Crippen molar-refractivity contribution in [2.24, 2.45) is 0 Å². The van der Waals surface area contributed by atoms with Crippen LogP contribution in [-0.2, 0) is 21.4 Å². The summed E-state index contributed by atoms with van der Waals surface area (Å²) in [5, 5.41) is 6.47. The van der Waals surface area contributed by atoms with Gasteiger partial charge in [-0.3, -0.25) is 9.78 Å². The van der Waals surface area contributed by atoms with Gasteiger partial charge in [0.2, 0.25) is 27.6 Å². The number of likely N-dealkylation sites (N-methyl/N-ethyl adjacent to an activating group) is 1. The maximum atomic E-state index is 12.8. The highest BCUT2D eigenvalue weighted by Crippen LogP contribution is 2.21. The van der Waals surface area contributed by atoms with Crippen LogP contribution in [0.5, 0.6) is 0 Å². The molecule has 0 aliphatic heterocycles. The van der Waals surface area contributed by atoms with Gasteiger partial charge >= 0.3 is 0 Å². The van der Waals surface area contributed by atoms with Gasteiger partial charge in [0.05, 0.1) is 11.4 Å².